The van der Waals surface area contributed by atoms with E-state index < -0.39 is 29.7 Å². The quantitative estimate of drug-likeness (QED) is 0.543. The van der Waals surface area contributed by atoms with Crippen LogP contribution < -0.4 is 5.73 Å². The first-order chi connectivity index (χ1) is 15.3. The lowest BCUT2D eigenvalue weighted by molar-refractivity contribution is -0.123. The molecule has 2 atom stereocenters. The lowest BCUT2D eigenvalue weighted by atomic mass is 9.98. The molecule has 1 aliphatic carbocycles. The summed E-state index contributed by atoms with van der Waals surface area (Å²) >= 11 is 6.08. The number of aromatic hydroxyl groups is 2. The molecule has 0 saturated heterocycles. The highest BCUT2D eigenvalue weighted by Gasteiger charge is 2.41. The standard InChI is InChI=1S/C23H19ClFN3O4/c24-13-8-17-15(18(25)9-13)5-6-19(17)28(23(32)16-3-1-2-4-20(16)30)21(22(26)31)12-7-14(29)11-27-10-12/h1-4,7-11,19,21,29-30H,5-6H2,(H2,26,31)/t19-,21-/m1/s1. The number of benzene rings is 2. The van der Waals surface area contributed by atoms with Gasteiger partial charge in [0, 0.05) is 16.8 Å². The van der Waals surface area contributed by atoms with E-state index in [1.807, 2.05) is 0 Å². The Morgan fingerprint density at radius 3 is 2.62 bits per heavy atom. The highest BCUT2D eigenvalue weighted by molar-refractivity contribution is 6.30. The van der Waals surface area contributed by atoms with E-state index in [4.69, 9.17) is 17.3 Å². The number of hydrogen-bond acceptors (Lipinski definition) is 5. The van der Waals surface area contributed by atoms with Crippen molar-refractivity contribution < 1.29 is 24.2 Å². The van der Waals surface area contributed by atoms with Crippen molar-refractivity contribution >= 4 is 23.4 Å². The van der Waals surface area contributed by atoms with Crippen LogP contribution in [0.1, 0.15) is 45.6 Å². The molecule has 9 heteroatoms. The summed E-state index contributed by atoms with van der Waals surface area (Å²) in [4.78, 5) is 31.4. The molecule has 164 valence electrons. The van der Waals surface area contributed by atoms with E-state index in [0.29, 0.717) is 24.0 Å². The Morgan fingerprint density at radius 1 is 1.19 bits per heavy atom. The molecule has 1 aromatic heterocycles. The van der Waals surface area contributed by atoms with Gasteiger partial charge < -0.3 is 20.8 Å². The number of pyridine rings is 1. The van der Waals surface area contributed by atoms with Crippen molar-refractivity contribution in [2.24, 2.45) is 5.73 Å². The Morgan fingerprint density at radius 2 is 1.94 bits per heavy atom. The fourth-order valence-electron chi connectivity index (χ4n) is 4.20. The predicted octanol–water partition coefficient (Wildman–Crippen LogP) is 3.64. The van der Waals surface area contributed by atoms with Crippen LogP contribution >= 0.6 is 11.6 Å². The van der Waals surface area contributed by atoms with Crippen molar-refractivity contribution in [3.8, 4) is 11.5 Å². The first-order valence-electron chi connectivity index (χ1n) is 9.79. The smallest absolute Gasteiger partial charge is 0.259 e. The van der Waals surface area contributed by atoms with Gasteiger partial charge >= 0.3 is 0 Å². The van der Waals surface area contributed by atoms with Gasteiger partial charge in [-0.1, -0.05) is 23.7 Å². The minimum atomic E-state index is -1.35. The van der Waals surface area contributed by atoms with Crippen molar-refractivity contribution in [3.05, 3.63) is 88.0 Å². The van der Waals surface area contributed by atoms with Crippen molar-refractivity contribution in [1.82, 2.24) is 9.88 Å². The summed E-state index contributed by atoms with van der Waals surface area (Å²) in [6, 6.07) is 7.81. The van der Waals surface area contributed by atoms with E-state index in [2.05, 4.69) is 4.98 Å². The molecule has 3 aromatic rings. The van der Waals surface area contributed by atoms with Gasteiger partial charge in [0.1, 0.15) is 23.4 Å². The molecule has 0 bridgehead atoms. The number of nitrogens with zero attached hydrogens (tertiary/aromatic N) is 2. The number of carbonyl (C=O) groups is 2. The first-order valence-corrected chi connectivity index (χ1v) is 10.2. The lowest BCUT2D eigenvalue weighted by Crippen LogP contribution is -2.43. The largest absolute Gasteiger partial charge is 0.507 e. The van der Waals surface area contributed by atoms with Crippen molar-refractivity contribution in [2.75, 3.05) is 0 Å². The second kappa shape index (κ2) is 8.47. The molecule has 0 aliphatic heterocycles. The second-order valence-corrected chi connectivity index (χ2v) is 7.96. The summed E-state index contributed by atoms with van der Waals surface area (Å²) in [5.74, 6) is -2.56. The van der Waals surface area contributed by atoms with E-state index >= 15 is 0 Å². The van der Waals surface area contributed by atoms with Crippen LogP contribution in [0.3, 0.4) is 0 Å². The number of phenols is 1. The van der Waals surface area contributed by atoms with Gasteiger partial charge in [-0.3, -0.25) is 14.6 Å². The van der Waals surface area contributed by atoms with Crippen LogP contribution in [0.25, 0.3) is 0 Å². The summed E-state index contributed by atoms with van der Waals surface area (Å²) < 4.78 is 14.5. The third-order valence-corrected chi connectivity index (χ3v) is 5.75. The Bertz CT molecular complexity index is 1220. The maximum atomic E-state index is 14.5. The summed E-state index contributed by atoms with van der Waals surface area (Å²) in [5, 5.41) is 20.3. The molecule has 2 aromatic carbocycles. The molecule has 4 N–H and O–H groups in total. The summed E-state index contributed by atoms with van der Waals surface area (Å²) in [5.41, 5.74) is 6.69. The van der Waals surface area contributed by atoms with Gasteiger partial charge in [0.15, 0.2) is 0 Å². The zero-order valence-electron chi connectivity index (χ0n) is 16.7. The number of phenolic OH excluding ortho intramolecular Hbond substituents is 1. The fourth-order valence-corrected chi connectivity index (χ4v) is 4.41. The Labute approximate surface area is 187 Å². The number of para-hydroxylation sites is 1. The number of primary amides is 1. The van der Waals surface area contributed by atoms with E-state index in [1.165, 1.54) is 41.6 Å². The predicted molar refractivity (Wildman–Crippen MR) is 115 cm³/mol. The Balaban J connectivity index is 1.91. The normalized spacial score (nSPS) is 15.8. The molecule has 4 rings (SSSR count). The molecule has 2 amide bonds. The zero-order chi connectivity index (χ0) is 23.0. The van der Waals surface area contributed by atoms with E-state index in [0.717, 1.165) is 0 Å². The summed E-state index contributed by atoms with van der Waals surface area (Å²) in [6.07, 6.45) is 3.12. The average molecular weight is 456 g/mol. The van der Waals surface area contributed by atoms with Crippen LogP contribution in [-0.2, 0) is 11.2 Å². The number of halogens is 2. The Hall–Kier alpha value is -3.65. The summed E-state index contributed by atoms with van der Waals surface area (Å²) in [6.45, 7) is 0. The van der Waals surface area contributed by atoms with Crippen LogP contribution in [0.4, 0.5) is 4.39 Å². The zero-order valence-corrected chi connectivity index (χ0v) is 17.5. The van der Waals surface area contributed by atoms with Gasteiger partial charge in [-0.25, -0.2) is 4.39 Å². The minimum Gasteiger partial charge on any atom is -0.507 e. The molecular formula is C23H19ClFN3O4. The molecule has 0 fully saturated rings. The van der Waals surface area contributed by atoms with Crippen molar-refractivity contribution in [1.29, 1.82) is 0 Å². The number of carbonyl (C=O) groups excluding carboxylic acids is 2. The molecule has 0 spiro atoms. The van der Waals surface area contributed by atoms with E-state index in [1.54, 1.807) is 18.2 Å². The maximum Gasteiger partial charge on any atom is 0.259 e. The third kappa shape index (κ3) is 3.85. The number of amides is 2. The monoisotopic (exact) mass is 455 g/mol. The maximum absolute atomic E-state index is 14.5. The van der Waals surface area contributed by atoms with Gasteiger partial charge in [-0.05, 0) is 54.3 Å². The van der Waals surface area contributed by atoms with Crippen LogP contribution in [-0.4, -0.2) is 31.9 Å². The van der Waals surface area contributed by atoms with Crippen molar-refractivity contribution in [2.45, 2.75) is 24.9 Å². The fraction of sp³-hybridized carbons (Fsp3) is 0.174. The second-order valence-electron chi connectivity index (χ2n) is 7.52. The first kappa shape index (κ1) is 21.6. The van der Waals surface area contributed by atoms with Crippen LogP contribution in [0.2, 0.25) is 5.02 Å². The molecule has 0 saturated carbocycles. The van der Waals surface area contributed by atoms with Crippen LogP contribution in [0.5, 0.6) is 11.5 Å². The average Bonchev–Trinajstić information content (AvgIpc) is 3.15. The molecular weight excluding hydrogens is 437 g/mol. The van der Waals surface area contributed by atoms with Crippen LogP contribution in [0.15, 0.2) is 54.9 Å². The Kier molecular flexibility index (Phi) is 5.71. The van der Waals surface area contributed by atoms with Gasteiger partial charge in [0.2, 0.25) is 5.91 Å². The van der Waals surface area contributed by atoms with Gasteiger partial charge in [0.25, 0.3) is 5.91 Å². The van der Waals surface area contributed by atoms with Gasteiger partial charge in [-0.2, -0.15) is 0 Å². The van der Waals surface area contributed by atoms with Crippen LogP contribution in [0, 0.1) is 5.82 Å². The molecule has 7 nitrogen and oxygen atoms in total. The van der Waals surface area contributed by atoms with Gasteiger partial charge in [-0.15, -0.1) is 0 Å². The SMILES string of the molecule is NC(=O)[C@@H](c1cncc(O)c1)N(C(=O)c1ccccc1O)[C@@H]1CCc2c(F)cc(Cl)cc21. The summed E-state index contributed by atoms with van der Waals surface area (Å²) in [7, 11) is 0. The van der Waals surface area contributed by atoms with Crippen molar-refractivity contribution in [3.63, 3.8) is 0 Å². The third-order valence-electron chi connectivity index (χ3n) is 5.53. The number of nitrogens with two attached hydrogens (primary N) is 1. The number of rotatable bonds is 5. The molecule has 1 aliphatic rings. The topological polar surface area (TPSA) is 117 Å². The van der Waals surface area contributed by atoms with E-state index in [-0.39, 0.29) is 27.6 Å². The highest BCUT2D eigenvalue weighted by Crippen LogP contribution is 2.43. The lowest BCUT2D eigenvalue weighted by Gasteiger charge is -2.36. The number of aromatic nitrogens is 1. The number of hydrogen-bond donors (Lipinski definition) is 3. The molecule has 0 radical (unpaired) electrons. The minimum absolute atomic E-state index is 0.0530. The molecule has 32 heavy (non-hydrogen) atoms. The molecule has 1 heterocycles. The molecule has 0 unspecified atom stereocenters. The highest BCUT2D eigenvalue weighted by atomic mass is 35.5. The van der Waals surface area contributed by atoms with Gasteiger partial charge in [0.05, 0.1) is 17.8 Å². The number of fused-ring (bicyclic) bond motifs is 1. The van der Waals surface area contributed by atoms with E-state index in [9.17, 15) is 24.2 Å².